The van der Waals surface area contributed by atoms with Gasteiger partial charge in [0, 0.05) is 16.6 Å². The smallest absolute Gasteiger partial charge is 0.307 e. The second-order valence-electron chi connectivity index (χ2n) is 3.14. The fraction of sp³-hybridized carbons (Fsp3) is 1.00. The Morgan fingerprint density at radius 3 is 2.91 bits per heavy atom. The predicted molar refractivity (Wildman–Crippen MR) is 41.6 cm³/mol. The fourth-order valence-corrected chi connectivity index (χ4v) is 1.56. The molecule has 1 N–H and O–H groups in total. The van der Waals surface area contributed by atoms with Gasteiger partial charge in [-0.1, -0.05) is 0 Å². The van der Waals surface area contributed by atoms with E-state index in [0.717, 1.165) is 6.54 Å². The van der Waals surface area contributed by atoms with Crippen LogP contribution in [0.25, 0.3) is 0 Å². The van der Waals surface area contributed by atoms with Gasteiger partial charge in [-0.15, -0.1) is 9.05 Å². The molecule has 1 heterocycles. The number of rotatable bonds is 0. The molecule has 5 heteroatoms. The van der Waals surface area contributed by atoms with Crippen molar-refractivity contribution in [3.63, 3.8) is 0 Å². The number of hydrogen-bond donors (Lipinski definition) is 1. The van der Waals surface area contributed by atoms with Crippen LogP contribution in [0.5, 0.6) is 0 Å². The van der Waals surface area contributed by atoms with Crippen LogP contribution in [-0.4, -0.2) is 25.3 Å². The summed E-state index contributed by atoms with van der Waals surface area (Å²) >= 11 is 0. The van der Waals surface area contributed by atoms with Gasteiger partial charge in [0.1, 0.15) is 13.2 Å². The Balaban J connectivity index is 2.44. The van der Waals surface area contributed by atoms with E-state index in [9.17, 15) is 4.57 Å². The third-order valence-electron chi connectivity index (χ3n) is 1.43. The molecule has 0 aliphatic carbocycles. The first kappa shape index (κ1) is 9.07. The van der Waals surface area contributed by atoms with Gasteiger partial charge in [-0.2, -0.15) is 0 Å². The van der Waals surface area contributed by atoms with Crippen molar-refractivity contribution in [3.8, 4) is 0 Å². The Hall–Kier alpha value is -0.0200. The van der Waals surface area contributed by atoms with E-state index in [1.165, 1.54) is 0 Å². The third kappa shape index (κ3) is 3.25. The summed E-state index contributed by atoms with van der Waals surface area (Å²) in [5.41, 5.74) is -0.102. The molecule has 0 aromatic carbocycles. The van der Waals surface area contributed by atoms with Gasteiger partial charge >= 0.3 is 8.25 Å². The number of nitrogens with one attached hydrogen (secondary N) is 1. The molecule has 0 bridgehead atoms. The van der Waals surface area contributed by atoms with Gasteiger partial charge < -0.3 is 5.32 Å². The highest BCUT2D eigenvalue weighted by atomic mass is 31.1. The molecule has 0 aromatic heterocycles. The van der Waals surface area contributed by atoms with E-state index in [-0.39, 0.29) is 5.54 Å². The van der Waals surface area contributed by atoms with Gasteiger partial charge in [0.25, 0.3) is 0 Å². The quantitative estimate of drug-likeness (QED) is 0.563. The lowest BCUT2D eigenvalue weighted by molar-refractivity contribution is 0.145. The molecule has 11 heavy (non-hydrogen) atoms. The van der Waals surface area contributed by atoms with Gasteiger partial charge in [0.2, 0.25) is 0 Å². The van der Waals surface area contributed by atoms with Gasteiger partial charge in [-0.3, -0.25) is 0 Å². The average molecular weight is 178 g/mol. The fourth-order valence-electron chi connectivity index (χ4n) is 0.812. The normalized spacial score (nSPS) is 29.1. The summed E-state index contributed by atoms with van der Waals surface area (Å²) in [7, 11) is -1.88. The zero-order chi connectivity index (χ0) is 8.32. The monoisotopic (exact) mass is 178 g/mol. The summed E-state index contributed by atoms with van der Waals surface area (Å²) in [5, 5.41) is 3.20. The van der Waals surface area contributed by atoms with Crippen molar-refractivity contribution in [2.45, 2.75) is 19.4 Å². The lowest BCUT2D eigenvalue weighted by Crippen LogP contribution is -2.45. The maximum absolute atomic E-state index is 10.8. The van der Waals surface area contributed by atoms with Crippen LogP contribution in [0.1, 0.15) is 13.8 Å². The highest BCUT2D eigenvalue weighted by molar-refractivity contribution is 7.33. The molecule has 0 radical (unpaired) electrons. The van der Waals surface area contributed by atoms with Gasteiger partial charge in [0.05, 0.1) is 0 Å². The standard InChI is InChI=1S/C6H13NO3P/c1-6(2)5-10-11(8)9-4-3-7-6/h7H,3-5H2,1-2H3/q+1. The van der Waals surface area contributed by atoms with Crippen LogP contribution in [0.2, 0.25) is 0 Å². The van der Waals surface area contributed by atoms with E-state index in [1.807, 2.05) is 13.8 Å². The average Bonchev–Trinajstić information content (AvgIpc) is 1.92. The topological polar surface area (TPSA) is 47.6 Å². The molecule has 0 amide bonds. The molecule has 64 valence electrons. The summed E-state index contributed by atoms with van der Waals surface area (Å²) in [6.45, 7) is 5.58. The zero-order valence-electron chi connectivity index (χ0n) is 6.79. The zero-order valence-corrected chi connectivity index (χ0v) is 7.69. The summed E-state index contributed by atoms with van der Waals surface area (Å²) in [4.78, 5) is 0. The largest absolute Gasteiger partial charge is 0.697 e. The Morgan fingerprint density at radius 1 is 1.45 bits per heavy atom. The molecule has 1 saturated heterocycles. The van der Waals surface area contributed by atoms with E-state index in [2.05, 4.69) is 5.32 Å². The molecule has 4 nitrogen and oxygen atoms in total. The van der Waals surface area contributed by atoms with Crippen LogP contribution < -0.4 is 5.32 Å². The molecule has 0 spiro atoms. The molecule has 1 atom stereocenters. The van der Waals surface area contributed by atoms with E-state index >= 15 is 0 Å². The van der Waals surface area contributed by atoms with E-state index in [1.54, 1.807) is 0 Å². The Morgan fingerprint density at radius 2 is 2.18 bits per heavy atom. The molecule has 1 unspecified atom stereocenters. The lowest BCUT2D eigenvalue weighted by Gasteiger charge is -2.23. The number of hydrogen-bond acceptors (Lipinski definition) is 4. The van der Waals surface area contributed by atoms with E-state index in [4.69, 9.17) is 9.05 Å². The maximum atomic E-state index is 10.8. The van der Waals surface area contributed by atoms with Crippen LogP contribution >= 0.6 is 8.25 Å². The highest BCUT2D eigenvalue weighted by Crippen LogP contribution is 2.26. The highest BCUT2D eigenvalue weighted by Gasteiger charge is 2.29. The Bertz CT molecular complexity index is 160. The van der Waals surface area contributed by atoms with Crippen LogP contribution in [0.3, 0.4) is 0 Å². The summed E-state index contributed by atoms with van der Waals surface area (Å²) in [6, 6.07) is 0. The van der Waals surface area contributed by atoms with Crippen LogP contribution in [0.4, 0.5) is 0 Å². The van der Waals surface area contributed by atoms with Crippen molar-refractivity contribution in [2.24, 2.45) is 0 Å². The minimum atomic E-state index is -1.88. The van der Waals surface area contributed by atoms with Crippen molar-refractivity contribution in [1.29, 1.82) is 0 Å². The van der Waals surface area contributed by atoms with Crippen LogP contribution in [0.15, 0.2) is 0 Å². The molecule has 1 fully saturated rings. The molecule has 0 aromatic rings. The summed E-state index contributed by atoms with van der Waals surface area (Å²) in [6.07, 6.45) is 0. The minimum Gasteiger partial charge on any atom is -0.307 e. The minimum absolute atomic E-state index is 0.102. The Kier molecular flexibility index (Phi) is 2.96. The molecule has 1 aliphatic rings. The predicted octanol–water partition coefficient (Wildman–Crippen LogP) is 1.06. The first-order chi connectivity index (χ1) is 5.10. The lowest BCUT2D eigenvalue weighted by atomic mass is 10.1. The van der Waals surface area contributed by atoms with Crippen molar-refractivity contribution < 1.29 is 13.6 Å². The van der Waals surface area contributed by atoms with Gasteiger partial charge in [-0.25, -0.2) is 0 Å². The molecular weight excluding hydrogens is 165 g/mol. The van der Waals surface area contributed by atoms with E-state index < -0.39 is 8.25 Å². The maximum Gasteiger partial charge on any atom is 0.697 e. The van der Waals surface area contributed by atoms with Crippen molar-refractivity contribution >= 4 is 8.25 Å². The summed E-state index contributed by atoms with van der Waals surface area (Å²) in [5.74, 6) is 0. The second kappa shape index (κ2) is 3.59. The molecule has 1 aliphatic heterocycles. The van der Waals surface area contributed by atoms with Gasteiger partial charge in [0.15, 0.2) is 0 Å². The van der Waals surface area contributed by atoms with Crippen molar-refractivity contribution in [2.75, 3.05) is 19.8 Å². The first-order valence-corrected chi connectivity index (χ1v) is 4.68. The van der Waals surface area contributed by atoms with Crippen LogP contribution in [0, 0.1) is 0 Å². The SMILES string of the molecule is CC1(C)CO[P+](=O)OCCN1. The van der Waals surface area contributed by atoms with Crippen molar-refractivity contribution in [3.05, 3.63) is 0 Å². The van der Waals surface area contributed by atoms with Crippen LogP contribution in [-0.2, 0) is 13.6 Å². The van der Waals surface area contributed by atoms with Gasteiger partial charge in [-0.05, 0) is 13.8 Å². The van der Waals surface area contributed by atoms with Crippen molar-refractivity contribution in [1.82, 2.24) is 5.32 Å². The molecule has 0 saturated carbocycles. The third-order valence-corrected chi connectivity index (χ3v) is 2.17. The van der Waals surface area contributed by atoms with E-state index in [0.29, 0.717) is 13.2 Å². The molecular formula is C6H13NO3P+. The molecule has 1 rings (SSSR count). The Labute approximate surface area is 67.2 Å². The summed E-state index contributed by atoms with van der Waals surface area (Å²) < 4.78 is 20.5. The first-order valence-electron chi connectivity index (χ1n) is 3.58. The second-order valence-corrected chi connectivity index (χ2v) is 4.10.